The monoisotopic (exact) mass is 389 g/mol. The molecule has 27 heavy (non-hydrogen) atoms. The third kappa shape index (κ3) is 6.34. The number of aromatic nitrogens is 1. The summed E-state index contributed by atoms with van der Waals surface area (Å²) in [6.45, 7) is 3.70. The quantitative estimate of drug-likeness (QED) is 0.340. The van der Waals surface area contributed by atoms with Crippen LogP contribution in [0, 0.1) is 5.92 Å². The van der Waals surface area contributed by atoms with Crippen LogP contribution >= 0.6 is 12.4 Å². The van der Waals surface area contributed by atoms with Gasteiger partial charge in [0.15, 0.2) is 0 Å². The van der Waals surface area contributed by atoms with Crippen LogP contribution in [0.1, 0.15) is 28.9 Å². The lowest BCUT2D eigenvalue weighted by Crippen LogP contribution is -2.35. The Balaban J connectivity index is 0.00000261. The summed E-state index contributed by atoms with van der Waals surface area (Å²) in [6, 6.07) is 15.5. The van der Waals surface area contributed by atoms with Gasteiger partial charge in [-0.05, 0) is 43.5 Å². The van der Waals surface area contributed by atoms with Gasteiger partial charge in [0.1, 0.15) is 11.9 Å². The summed E-state index contributed by atoms with van der Waals surface area (Å²) in [5.74, 6) is 0.461. The van der Waals surface area contributed by atoms with Gasteiger partial charge in [0.05, 0.1) is 6.61 Å². The number of rotatable bonds is 7. The predicted molar refractivity (Wildman–Crippen MR) is 106 cm³/mol. The zero-order valence-corrected chi connectivity index (χ0v) is 15.8. The van der Waals surface area contributed by atoms with E-state index in [2.05, 4.69) is 39.3 Å². The molecule has 0 aliphatic carbocycles. The number of ether oxygens (including phenoxy) is 1. The highest BCUT2D eigenvalue weighted by Gasteiger charge is 2.20. The van der Waals surface area contributed by atoms with Crippen molar-refractivity contribution in [3.05, 3.63) is 59.8 Å². The number of carbonyl (C=O) groups excluding carboxylic acids is 1. The summed E-state index contributed by atoms with van der Waals surface area (Å²) in [5.41, 5.74) is 1.55. The van der Waals surface area contributed by atoms with Crippen molar-refractivity contribution in [1.82, 2.24) is 9.88 Å². The van der Waals surface area contributed by atoms with E-state index in [4.69, 9.17) is 9.94 Å². The number of piperidine rings is 1. The Hall–Kier alpha value is -2.44. The molecule has 0 unspecified atom stereocenters. The molecule has 1 fully saturated rings. The summed E-state index contributed by atoms with van der Waals surface area (Å²) in [6.07, 6.45) is 3.00. The molecule has 2 aromatic rings. The topological polar surface area (TPSA) is 75.0 Å². The Bertz CT molecular complexity index is 747. The molecule has 2 heterocycles. The predicted octanol–water partition coefficient (Wildman–Crippen LogP) is 3.44. The number of pyridine rings is 1. The number of carbonyl (C=O) groups is 1. The Labute approximate surface area is 165 Å². The zero-order valence-electron chi connectivity index (χ0n) is 15.0. The molecule has 0 radical (unpaired) electrons. The summed E-state index contributed by atoms with van der Waals surface area (Å²) in [7, 11) is 0. The van der Waals surface area contributed by atoms with Crippen molar-refractivity contribution in [1.29, 1.82) is 0 Å². The first kappa shape index (κ1) is 20.9. The molecule has 1 saturated heterocycles. The SMILES string of the molecule is Cl.O=C(C=NO)c1cccc(OCC2CCN(Cc3ccccc3)CC2)n1. The van der Waals surface area contributed by atoms with Crippen LogP contribution < -0.4 is 4.74 Å². The van der Waals surface area contributed by atoms with Gasteiger partial charge in [-0.2, -0.15) is 0 Å². The van der Waals surface area contributed by atoms with Crippen molar-refractivity contribution in [2.45, 2.75) is 19.4 Å². The van der Waals surface area contributed by atoms with E-state index in [1.165, 1.54) is 5.56 Å². The van der Waals surface area contributed by atoms with Gasteiger partial charge in [0.25, 0.3) is 0 Å². The molecule has 0 atom stereocenters. The maximum atomic E-state index is 11.7. The summed E-state index contributed by atoms with van der Waals surface area (Å²) >= 11 is 0. The lowest BCUT2D eigenvalue weighted by atomic mass is 9.97. The molecule has 144 valence electrons. The Morgan fingerprint density at radius 3 is 2.63 bits per heavy atom. The average Bonchev–Trinajstić information content (AvgIpc) is 2.69. The molecule has 3 rings (SSSR count). The minimum absolute atomic E-state index is 0. The van der Waals surface area contributed by atoms with E-state index in [9.17, 15) is 4.79 Å². The highest BCUT2D eigenvalue weighted by atomic mass is 35.5. The van der Waals surface area contributed by atoms with E-state index < -0.39 is 5.78 Å². The maximum absolute atomic E-state index is 11.7. The molecule has 6 nitrogen and oxygen atoms in total. The van der Waals surface area contributed by atoms with Crippen molar-refractivity contribution < 1.29 is 14.7 Å². The molecule has 0 spiro atoms. The van der Waals surface area contributed by atoms with E-state index in [0.29, 0.717) is 18.4 Å². The lowest BCUT2D eigenvalue weighted by Gasteiger charge is -2.31. The fourth-order valence-corrected chi connectivity index (χ4v) is 3.11. The Morgan fingerprint density at radius 1 is 1.19 bits per heavy atom. The van der Waals surface area contributed by atoms with Crippen LogP contribution in [-0.2, 0) is 6.54 Å². The van der Waals surface area contributed by atoms with E-state index in [1.807, 2.05) is 6.07 Å². The van der Waals surface area contributed by atoms with Gasteiger partial charge in [0.2, 0.25) is 11.7 Å². The largest absolute Gasteiger partial charge is 0.477 e. The van der Waals surface area contributed by atoms with Crippen LogP contribution in [0.2, 0.25) is 0 Å². The van der Waals surface area contributed by atoms with Crippen molar-refractivity contribution in [2.75, 3.05) is 19.7 Å². The molecule has 0 bridgehead atoms. The number of nitrogens with zero attached hydrogens (tertiary/aromatic N) is 3. The number of oxime groups is 1. The highest BCUT2D eigenvalue weighted by molar-refractivity contribution is 6.34. The molecular weight excluding hydrogens is 366 g/mol. The van der Waals surface area contributed by atoms with Gasteiger partial charge in [0, 0.05) is 12.6 Å². The highest BCUT2D eigenvalue weighted by Crippen LogP contribution is 2.20. The molecule has 7 heteroatoms. The first-order valence-electron chi connectivity index (χ1n) is 8.82. The van der Waals surface area contributed by atoms with Gasteiger partial charge in [-0.25, -0.2) is 4.98 Å². The molecule has 1 aliphatic rings. The smallest absolute Gasteiger partial charge is 0.225 e. The minimum Gasteiger partial charge on any atom is -0.477 e. The molecule has 1 aromatic carbocycles. The third-order valence-corrected chi connectivity index (χ3v) is 4.57. The van der Waals surface area contributed by atoms with Crippen LogP contribution in [0.25, 0.3) is 0 Å². The number of hydrogen-bond acceptors (Lipinski definition) is 6. The Kier molecular flexibility index (Phi) is 8.23. The fourth-order valence-electron chi connectivity index (χ4n) is 3.11. The molecular formula is C20H24ClN3O3. The lowest BCUT2D eigenvalue weighted by molar-refractivity contribution is 0.106. The normalized spacial score (nSPS) is 15.4. The van der Waals surface area contributed by atoms with Crippen molar-refractivity contribution in [3.63, 3.8) is 0 Å². The van der Waals surface area contributed by atoms with E-state index in [1.54, 1.807) is 18.2 Å². The second-order valence-corrected chi connectivity index (χ2v) is 6.49. The molecule has 1 aliphatic heterocycles. The van der Waals surface area contributed by atoms with Gasteiger partial charge in [-0.3, -0.25) is 9.69 Å². The number of Topliss-reactive ketones (excluding diaryl/α,β-unsaturated/α-hetero) is 1. The number of halogens is 1. The number of hydrogen-bond donors (Lipinski definition) is 1. The van der Waals surface area contributed by atoms with Gasteiger partial charge < -0.3 is 9.94 Å². The second kappa shape index (κ2) is 10.6. The molecule has 0 saturated carbocycles. The summed E-state index contributed by atoms with van der Waals surface area (Å²) < 4.78 is 5.78. The number of likely N-dealkylation sites (tertiary alicyclic amines) is 1. The van der Waals surface area contributed by atoms with Crippen molar-refractivity contribution in [2.24, 2.45) is 11.1 Å². The molecule has 1 aromatic heterocycles. The number of ketones is 1. The standard InChI is InChI=1S/C20H23N3O3.ClH/c24-19(13-21-25)18-7-4-8-20(22-18)26-15-17-9-11-23(12-10-17)14-16-5-2-1-3-6-16;/h1-8,13,17,25H,9-12,14-15H2;1H. The van der Waals surface area contributed by atoms with Gasteiger partial charge in [-0.15, -0.1) is 12.4 Å². The summed E-state index contributed by atoms with van der Waals surface area (Å²) in [5, 5.41) is 11.2. The molecule has 0 amide bonds. The van der Waals surface area contributed by atoms with Crippen LogP contribution in [0.15, 0.2) is 53.7 Å². The van der Waals surface area contributed by atoms with Crippen LogP contribution in [0.3, 0.4) is 0 Å². The van der Waals surface area contributed by atoms with E-state index >= 15 is 0 Å². The van der Waals surface area contributed by atoms with Gasteiger partial charge >= 0.3 is 0 Å². The third-order valence-electron chi connectivity index (χ3n) is 4.57. The fraction of sp³-hybridized carbons (Fsp3) is 0.350. The van der Waals surface area contributed by atoms with Crippen LogP contribution in [0.4, 0.5) is 0 Å². The average molecular weight is 390 g/mol. The van der Waals surface area contributed by atoms with Crippen molar-refractivity contribution in [3.8, 4) is 5.88 Å². The number of benzene rings is 1. The molecule has 1 N–H and O–H groups in total. The van der Waals surface area contributed by atoms with Crippen LogP contribution in [0.5, 0.6) is 5.88 Å². The van der Waals surface area contributed by atoms with Crippen molar-refractivity contribution >= 4 is 24.4 Å². The summed E-state index contributed by atoms with van der Waals surface area (Å²) in [4.78, 5) is 18.3. The van der Waals surface area contributed by atoms with E-state index in [-0.39, 0.29) is 18.1 Å². The Morgan fingerprint density at radius 2 is 1.93 bits per heavy atom. The first-order valence-corrected chi connectivity index (χ1v) is 8.82. The van der Waals surface area contributed by atoms with E-state index in [0.717, 1.165) is 38.7 Å². The van der Waals surface area contributed by atoms with Crippen LogP contribution in [-0.4, -0.2) is 46.8 Å². The maximum Gasteiger partial charge on any atom is 0.225 e. The van der Waals surface area contributed by atoms with Gasteiger partial charge in [-0.1, -0.05) is 41.6 Å². The second-order valence-electron chi connectivity index (χ2n) is 6.49. The first-order chi connectivity index (χ1) is 12.7. The zero-order chi connectivity index (χ0) is 18.2. The minimum atomic E-state index is -0.452.